The van der Waals surface area contributed by atoms with E-state index in [9.17, 15) is 0 Å². The molecule has 0 unspecified atom stereocenters. The van der Waals surface area contributed by atoms with E-state index in [2.05, 4.69) is 52.8 Å². The molecule has 0 saturated carbocycles. The first-order chi connectivity index (χ1) is 9.98. The van der Waals surface area contributed by atoms with Crippen molar-refractivity contribution in [2.45, 2.75) is 52.7 Å². The predicted octanol–water partition coefficient (Wildman–Crippen LogP) is 4.45. The molecule has 0 N–H and O–H groups in total. The quantitative estimate of drug-likeness (QED) is 0.775. The molecule has 1 fully saturated rings. The zero-order valence-electron chi connectivity index (χ0n) is 13.9. The van der Waals surface area contributed by atoms with Crippen molar-refractivity contribution >= 4 is 0 Å². The lowest BCUT2D eigenvalue weighted by atomic mass is 9.95. The Labute approximate surface area is 128 Å². The van der Waals surface area contributed by atoms with Crippen molar-refractivity contribution in [2.75, 3.05) is 19.8 Å². The molecule has 1 heterocycles. The molecule has 0 radical (unpaired) electrons. The fourth-order valence-corrected chi connectivity index (χ4v) is 2.65. The standard InChI is InChI=1S/C18H28O3/c1-6-18(20-9-10-21-18)15-7-8-17(19-12-13(2)3)16(11-15)14(4)5/h7-8,11,13-14H,6,9-10,12H2,1-5H3. The highest BCUT2D eigenvalue weighted by Crippen LogP contribution is 2.38. The van der Waals surface area contributed by atoms with E-state index in [1.807, 2.05) is 0 Å². The molecule has 3 heteroatoms. The summed E-state index contributed by atoms with van der Waals surface area (Å²) in [4.78, 5) is 0. The molecule has 1 aromatic carbocycles. The summed E-state index contributed by atoms with van der Waals surface area (Å²) in [5, 5.41) is 0. The van der Waals surface area contributed by atoms with Crippen LogP contribution in [0.2, 0.25) is 0 Å². The third-order valence-electron chi connectivity index (χ3n) is 3.86. The molecule has 0 atom stereocenters. The Morgan fingerprint density at radius 1 is 1.14 bits per heavy atom. The molecule has 0 aromatic heterocycles. The minimum Gasteiger partial charge on any atom is -0.493 e. The van der Waals surface area contributed by atoms with E-state index in [1.54, 1.807) is 0 Å². The Morgan fingerprint density at radius 2 is 1.81 bits per heavy atom. The van der Waals surface area contributed by atoms with E-state index in [4.69, 9.17) is 14.2 Å². The fraction of sp³-hybridized carbons (Fsp3) is 0.667. The lowest BCUT2D eigenvalue weighted by Gasteiger charge is -2.28. The molecule has 0 spiro atoms. The molecule has 0 bridgehead atoms. The highest BCUT2D eigenvalue weighted by molar-refractivity contribution is 5.41. The average molecular weight is 292 g/mol. The van der Waals surface area contributed by atoms with Crippen LogP contribution in [0.5, 0.6) is 5.75 Å². The maximum atomic E-state index is 5.96. The van der Waals surface area contributed by atoms with Gasteiger partial charge in [0.05, 0.1) is 19.8 Å². The third kappa shape index (κ3) is 3.58. The van der Waals surface area contributed by atoms with Crippen LogP contribution >= 0.6 is 0 Å². The van der Waals surface area contributed by atoms with Crippen LogP contribution in [0.1, 0.15) is 58.1 Å². The average Bonchev–Trinajstić information content (AvgIpc) is 2.94. The Hall–Kier alpha value is -1.06. The molecule has 0 amide bonds. The van der Waals surface area contributed by atoms with Gasteiger partial charge in [-0.3, -0.25) is 0 Å². The van der Waals surface area contributed by atoms with Gasteiger partial charge in [0.1, 0.15) is 5.75 Å². The monoisotopic (exact) mass is 292 g/mol. The molecular formula is C18H28O3. The zero-order chi connectivity index (χ0) is 15.5. The molecule has 2 rings (SSSR count). The van der Waals surface area contributed by atoms with E-state index in [1.165, 1.54) is 5.56 Å². The van der Waals surface area contributed by atoms with Gasteiger partial charge in [0.2, 0.25) is 0 Å². The van der Waals surface area contributed by atoms with Crippen molar-refractivity contribution in [2.24, 2.45) is 5.92 Å². The maximum absolute atomic E-state index is 5.96. The number of ether oxygens (including phenoxy) is 3. The molecular weight excluding hydrogens is 264 g/mol. The predicted molar refractivity (Wildman–Crippen MR) is 84.7 cm³/mol. The van der Waals surface area contributed by atoms with Gasteiger partial charge in [0.25, 0.3) is 0 Å². The van der Waals surface area contributed by atoms with Crippen molar-refractivity contribution in [3.8, 4) is 5.75 Å². The first-order valence-electron chi connectivity index (χ1n) is 8.03. The van der Waals surface area contributed by atoms with E-state index in [-0.39, 0.29) is 0 Å². The van der Waals surface area contributed by atoms with Gasteiger partial charge in [0, 0.05) is 12.0 Å². The smallest absolute Gasteiger partial charge is 0.194 e. The summed E-state index contributed by atoms with van der Waals surface area (Å²) in [6.07, 6.45) is 0.816. The van der Waals surface area contributed by atoms with Gasteiger partial charge in [0.15, 0.2) is 5.79 Å². The third-order valence-corrected chi connectivity index (χ3v) is 3.86. The summed E-state index contributed by atoms with van der Waals surface area (Å²) >= 11 is 0. The van der Waals surface area contributed by atoms with E-state index < -0.39 is 5.79 Å². The van der Waals surface area contributed by atoms with Crippen LogP contribution in [0.3, 0.4) is 0 Å². The van der Waals surface area contributed by atoms with Gasteiger partial charge in [-0.15, -0.1) is 0 Å². The summed E-state index contributed by atoms with van der Waals surface area (Å²) in [6.45, 7) is 12.9. The van der Waals surface area contributed by atoms with Crippen LogP contribution < -0.4 is 4.74 Å². The van der Waals surface area contributed by atoms with Crippen molar-refractivity contribution < 1.29 is 14.2 Å². The largest absolute Gasteiger partial charge is 0.493 e. The second-order valence-electron chi connectivity index (χ2n) is 6.42. The van der Waals surface area contributed by atoms with Crippen LogP contribution in [-0.2, 0) is 15.3 Å². The Balaban J connectivity index is 2.31. The number of rotatable bonds is 6. The summed E-state index contributed by atoms with van der Waals surface area (Å²) in [5.74, 6) is 1.34. The molecule has 1 aliphatic rings. The molecule has 21 heavy (non-hydrogen) atoms. The van der Waals surface area contributed by atoms with Gasteiger partial charge in [-0.1, -0.05) is 34.6 Å². The lowest BCUT2D eigenvalue weighted by Crippen LogP contribution is -2.26. The molecule has 3 nitrogen and oxygen atoms in total. The van der Waals surface area contributed by atoms with Crippen molar-refractivity contribution in [1.29, 1.82) is 0 Å². The number of hydrogen-bond donors (Lipinski definition) is 0. The van der Waals surface area contributed by atoms with Crippen LogP contribution in [0.15, 0.2) is 18.2 Å². The highest BCUT2D eigenvalue weighted by atomic mass is 16.7. The normalized spacial score (nSPS) is 17.7. The van der Waals surface area contributed by atoms with Crippen LogP contribution in [-0.4, -0.2) is 19.8 Å². The second kappa shape index (κ2) is 6.80. The summed E-state index contributed by atoms with van der Waals surface area (Å²) in [6, 6.07) is 6.33. The number of hydrogen-bond acceptors (Lipinski definition) is 3. The second-order valence-corrected chi connectivity index (χ2v) is 6.42. The fourth-order valence-electron chi connectivity index (χ4n) is 2.65. The minimum absolute atomic E-state index is 0.405. The molecule has 1 aliphatic heterocycles. The zero-order valence-corrected chi connectivity index (χ0v) is 13.9. The van der Waals surface area contributed by atoms with Gasteiger partial charge < -0.3 is 14.2 Å². The molecule has 1 saturated heterocycles. The SMILES string of the molecule is CCC1(c2ccc(OCC(C)C)c(C(C)C)c2)OCCO1. The number of benzene rings is 1. The van der Waals surface area contributed by atoms with Crippen molar-refractivity contribution in [1.82, 2.24) is 0 Å². The van der Waals surface area contributed by atoms with Crippen LogP contribution in [0, 0.1) is 5.92 Å². The molecule has 0 aliphatic carbocycles. The van der Waals surface area contributed by atoms with Gasteiger partial charge in [-0.05, 0) is 35.6 Å². The first kappa shape index (κ1) is 16.3. The van der Waals surface area contributed by atoms with E-state index in [0.717, 1.165) is 24.3 Å². The summed E-state index contributed by atoms with van der Waals surface area (Å²) in [7, 11) is 0. The highest BCUT2D eigenvalue weighted by Gasteiger charge is 2.37. The van der Waals surface area contributed by atoms with E-state index in [0.29, 0.717) is 25.0 Å². The molecule has 1 aromatic rings. The molecule has 118 valence electrons. The minimum atomic E-state index is -0.569. The maximum Gasteiger partial charge on any atom is 0.194 e. The summed E-state index contributed by atoms with van der Waals surface area (Å²) < 4.78 is 17.7. The summed E-state index contributed by atoms with van der Waals surface area (Å²) in [5.41, 5.74) is 2.32. The van der Waals surface area contributed by atoms with Gasteiger partial charge >= 0.3 is 0 Å². The van der Waals surface area contributed by atoms with Crippen molar-refractivity contribution in [3.05, 3.63) is 29.3 Å². The van der Waals surface area contributed by atoms with Gasteiger partial charge in [-0.25, -0.2) is 0 Å². The topological polar surface area (TPSA) is 27.7 Å². The van der Waals surface area contributed by atoms with Crippen molar-refractivity contribution in [3.63, 3.8) is 0 Å². The van der Waals surface area contributed by atoms with Crippen LogP contribution in [0.25, 0.3) is 0 Å². The lowest BCUT2D eigenvalue weighted by molar-refractivity contribution is -0.167. The van der Waals surface area contributed by atoms with E-state index >= 15 is 0 Å². The van der Waals surface area contributed by atoms with Gasteiger partial charge in [-0.2, -0.15) is 0 Å². The Bertz CT molecular complexity index is 460. The Kier molecular flexibility index (Phi) is 5.28. The Morgan fingerprint density at radius 3 is 2.33 bits per heavy atom. The van der Waals surface area contributed by atoms with Crippen LogP contribution in [0.4, 0.5) is 0 Å². The first-order valence-corrected chi connectivity index (χ1v) is 8.03.